The van der Waals surface area contributed by atoms with Gasteiger partial charge in [-0.15, -0.1) is 0 Å². The average molecular weight is 540 g/mol. The number of rotatable bonds is 7. The van der Waals surface area contributed by atoms with Crippen LogP contribution in [0.5, 0.6) is 5.75 Å². The van der Waals surface area contributed by atoms with E-state index in [0.29, 0.717) is 18.2 Å². The van der Waals surface area contributed by atoms with Gasteiger partial charge in [-0.2, -0.15) is 13.2 Å². The van der Waals surface area contributed by atoms with Crippen LogP contribution < -0.4 is 20.3 Å². The Morgan fingerprint density at radius 2 is 1.59 bits per heavy atom. The molecule has 0 aromatic heterocycles. The van der Waals surface area contributed by atoms with Gasteiger partial charge < -0.3 is 25.4 Å². The Bertz CT molecular complexity index is 1540. The van der Waals surface area contributed by atoms with Crippen LogP contribution in [0.15, 0.2) is 59.5 Å². The van der Waals surface area contributed by atoms with E-state index in [2.05, 4.69) is 0 Å². The summed E-state index contributed by atoms with van der Waals surface area (Å²) in [6.07, 6.45) is -5.14. The minimum Gasteiger partial charge on any atom is -0.871 e. The van der Waals surface area contributed by atoms with E-state index in [0.717, 1.165) is 36.4 Å². The van der Waals surface area contributed by atoms with Gasteiger partial charge in [-0.3, -0.25) is 9.52 Å². The number of amides is 1. The second-order valence-corrected chi connectivity index (χ2v) is 8.86. The van der Waals surface area contributed by atoms with E-state index >= 15 is 0 Å². The molecule has 3 aromatic carbocycles. The first-order valence-electron chi connectivity index (χ1n) is 9.72. The summed E-state index contributed by atoms with van der Waals surface area (Å²) in [6, 6.07) is 6.72. The number of hydrogen-bond acceptors (Lipinski definition) is 7. The summed E-state index contributed by atoms with van der Waals surface area (Å²) in [6.45, 7) is 0. The first kappa shape index (κ1) is 26.9. The predicted octanol–water partition coefficient (Wildman–Crippen LogP) is 2.03. The molecule has 0 unspecified atom stereocenters. The molecule has 0 aliphatic heterocycles. The lowest BCUT2D eigenvalue weighted by atomic mass is 10.1. The molecule has 0 saturated heterocycles. The fourth-order valence-corrected chi connectivity index (χ4v) is 4.41. The molecule has 0 aliphatic rings. The van der Waals surface area contributed by atoms with Crippen LogP contribution in [0.25, 0.3) is 0 Å². The Kier molecular flexibility index (Phi) is 7.11. The van der Waals surface area contributed by atoms with Gasteiger partial charge in [0.05, 0.1) is 33.2 Å². The summed E-state index contributed by atoms with van der Waals surface area (Å²) in [5, 5.41) is 34.6. The molecule has 0 heterocycles. The fraction of sp³-hybridized carbons (Fsp3) is 0.0455. The van der Waals surface area contributed by atoms with Crippen LogP contribution in [-0.2, 0) is 16.2 Å². The zero-order chi connectivity index (χ0) is 27.7. The third kappa shape index (κ3) is 5.61. The van der Waals surface area contributed by atoms with Crippen LogP contribution in [0.1, 0.15) is 36.6 Å². The smallest absolute Gasteiger partial charge is 0.419 e. The molecule has 0 aliphatic carbocycles. The van der Waals surface area contributed by atoms with Crippen LogP contribution in [0.4, 0.5) is 28.9 Å². The number of carbonyl (C=O) groups excluding carboxylic acids is 2. The standard InChI is InChI=1S/C22H14F4N2O8S/c23-18-11(3-1-4-12(18)22(24,25)26)19(30)27-14-5-2-6-16(17(14)21(33)34)37(35,36)28-13-8-7-10(20(31)32)9-15(13)29/h1-9,28-29H,(H,27,30)(H,31,32)(H,33,34)/p-2. The van der Waals surface area contributed by atoms with Crippen molar-refractivity contribution in [3.63, 3.8) is 0 Å². The highest BCUT2D eigenvalue weighted by atomic mass is 32.2. The Morgan fingerprint density at radius 3 is 2.16 bits per heavy atom. The molecule has 3 rings (SSSR count). The van der Waals surface area contributed by atoms with Gasteiger partial charge in [-0.1, -0.05) is 23.9 Å². The summed E-state index contributed by atoms with van der Waals surface area (Å²) >= 11 is 0. The highest BCUT2D eigenvalue weighted by Gasteiger charge is 2.36. The van der Waals surface area contributed by atoms with Gasteiger partial charge in [0.2, 0.25) is 0 Å². The van der Waals surface area contributed by atoms with Gasteiger partial charge in [0, 0.05) is 11.3 Å². The number of sulfonamides is 1. The zero-order valence-electron chi connectivity index (χ0n) is 17.9. The quantitative estimate of drug-likeness (QED) is 0.382. The van der Waals surface area contributed by atoms with Gasteiger partial charge in [0.1, 0.15) is 5.82 Å². The summed E-state index contributed by atoms with van der Waals surface area (Å²) < 4.78 is 80.7. The topological polar surface area (TPSA) is 176 Å². The molecule has 37 heavy (non-hydrogen) atoms. The predicted molar refractivity (Wildman–Crippen MR) is 114 cm³/mol. The lowest BCUT2D eigenvalue weighted by molar-refractivity contribution is -0.267. The highest BCUT2D eigenvalue weighted by molar-refractivity contribution is 7.92. The Hall–Kier alpha value is -4.66. The number of carbonyl (C=O) groups is 3. The maximum absolute atomic E-state index is 14.3. The Morgan fingerprint density at radius 1 is 0.946 bits per heavy atom. The van der Waals surface area contributed by atoms with Crippen molar-refractivity contribution in [1.82, 2.24) is 0 Å². The SMILES string of the molecule is O=C(O)c1ccc(NS(=O)(=O)c2cccc(NC(=O)c3cccc(C(F)(F)F)c3F)c2C(=O)[O-])c([O-])c1. The van der Waals surface area contributed by atoms with Crippen molar-refractivity contribution in [2.75, 3.05) is 10.0 Å². The molecular formula is C22H12F4N2O8S-2. The normalized spacial score (nSPS) is 11.6. The van der Waals surface area contributed by atoms with E-state index in [9.17, 15) is 50.6 Å². The minimum absolute atomic E-state index is 0.380. The first-order chi connectivity index (χ1) is 17.1. The van der Waals surface area contributed by atoms with E-state index in [4.69, 9.17) is 5.11 Å². The molecule has 3 aromatic rings. The molecule has 0 radical (unpaired) electrons. The molecule has 0 fully saturated rings. The molecule has 1 amide bonds. The number of halogens is 4. The summed E-state index contributed by atoms with van der Waals surface area (Å²) in [5.41, 5.74) is -5.90. The molecule has 0 bridgehead atoms. The first-order valence-corrected chi connectivity index (χ1v) is 11.2. The van der Waals surface area contributed by atoms with E-state index in [-0.39, 0.29) is 0 Å². The van der Waals surface area contributed by atoms with E-state index < -0.39 is 84.1 Å². The van der Waals surface area contributed by atoms with Crippen LogP contribution in [0.2, 0.25) is 0 Å². The van der Waals surface area contributed by atoms with Crippen LogP contribution >= 0.6 is 0 Å². The molecule has 15 heteroatoms. The molecular weight excluding hydrogens is 528 g/mol. The van der Waals surface area contributed by atoms with Crippen LogP contribution in [-0.4, -0.2) is 31.4 Å². The van der Waals surface area contributed by atoms with E-state index in [1.807, 2.05) is 5.32 Å². The van der Waals surface area contributed by atoms with Gasteiger partial charge >= 0.3 is 12.1 Å². The lowest BCUT2D eigenvalue weighted by Gasteiger charge is -2.20. The number of aromatic carboxylic acids is 2. The number of benzene rings is 3. The van der Waals surface area contributed by atoms with Crippen molar-refractivity contribution < 1.29 is 55.7 Å². The largest absolute Gasteiger partial charge is 0.871 e. The number of hydrogen-bond donors (Lipinski definition) is 3. The van der Waals surface area contributed by atoms with Gasteiger partial charge in [-0.05, 0) is 36.4 Å². The van der Waals surface area contributed by atoms with Crippen molar-refractivity contribution in [3.05, 3.63) is 82.7 Å². The number of anilines is 2. The third-order valence-corrected chi connectivity index (χ3v) is 6.20. The Labute approximate surface area is 204 Å². The second-order valence-electron chi connectivity index (χ2n) is 7.21. The summed E-state index contributed by atoms with van der Waals surface area (Å²) in [7, 11) is -4.89. The maximum Gasteiger partial charge on any atom is 0.419 e. The summed E-state index contributed by atoms with van der Waals surface area (Å²) in [5.74, 6) is -8.15. The molecule has 194 valence electrons. The van der Waals surface area contributed by atoms with Crippen molar-refractivity contribution in [1.29, 1.82) is 0 Å². The highest BCUT2D eigenvalue weighted by Crippen LogP contribution is 2.33. The molecule has 0 spiro atoms. The van der Waals surface area contributed by atoms with Crippen molar-refractivity contribution in [2.45, 2.75) is 11.1 Å². The van der Waals surface area contributed by atoms with E-state index in [1.54, 1.807) is 4.72 Å². The molecule has 10 nitrogen and oxygen atoms in total. The minimum atomic E-state index is -5.14. The number of alkyl halides is 3. The van der Waals surface area contributed by atoms with E-state index in [1.165, 1.54) is 0 Å². The fourth-order valence-electron chi connectivity index (χ4n) is 3.13. The maximum atomic E-state index is 14.3. The Balaban J connectivity index is 2.02. The average Bonchev–Trinajstić information content (AvgIpc) is 2.79. The van der Waals surface area contributed by atoms with Crippen molar-refractivity contribution >= 4 is 39.2 Å². The molecule has 3 N–H and O–H groups in total. The number of carboxylic acids is 2. The molecule has 0 saturated carbocycles. The van der Waals surface area contributed by atoms with Crippen molar-refractivity contribution in [2.24, 2.45) is 0 Å². The number of carboxylic acid groups (broad SMARTS) is 2. The zero-order valence-corrected chi connectivity index (χ0v) is 18.7. The van der Waals surface area contributed by atoms with Gasteiger partial charge in [0.15, 0.2) is 0 Å². The van der Waals surface area contributed by atoms with Crippen LogP contribution in [0.3, 0.4) is 0 Å². The second kappa shape index (κ2) is 9.77. The monoisotopic (exact) mass is 540 g/mol. The molecule has 0 atom stereocenters. The van der Waals surface area contributed by atoms with Crippen molar-refractivity contribution in [3.8, 4) is 5.75 Å². The van der Waals surface area contributed by atoms with Crippen LogP contribution in [0, 0.1) is 5.82 Å². The number of nitrogens with one attached hydrogen (secondary N) is 2. The van der Waals surface area contributed by atoms with Gasteiger partial charge in [0.25, 0.3) is 15.9 Å². The lowest BCUT2D eigenvalue weighted by Crippen LogP contribution is -2.29. The summed E-state index contributed by atoms with van der Waals surface area (Å²) in [4.78, 5) is 34.2. The van der Waals surface area contributed by atoms with Gasteiger partial charge in [-0.25, -0.2) is 17.6 Å². The third-order valence-electron chi connectivity index (χ3n) is 4.79.